The summed E-state index contributed by atoms with van der Waals surface area (Å²) in [6.07, 6.45) is 2.00. The predicted octanol–water partition coefficient (Wildman–Crippen LogP) is 4.39. The minimum atomic E-state index is 0.00124. The van der Waals surface area contributed by atoms with Gasteiger partial charge in [-0.05, 0) is 42.5 Å². The summed E-state index contributed by atoms with van der Waals surface area (Å²) in [5, 5.41) is 9.91. The number of carbonyl (C=O) groups is 1. The first-order valence-corrected chi connectivity index (χ1v) is 8.88. The van der Waals surface area contributed by atoms with Gasteiger partial charge in [0.05, 0.1) is 7.11 Å². The van der Waals surface area contributed by atoms with Gasteiger partial charge in [-0.2, -0.15) is 0 Å². The maximum absolute atomic E-state index is 12.0. The first-order valence-electron chi connectivity index (χ1n) is 8.06. The normalized spacial score (nSPS) is 11.4. The van der Waals surface area contributed by atoms with Gasteiger partial charge in [0.1, 0.15) is 10.8 Å². The lowest BCUT2D eigenvalue weighted by Gasteiger charge is -2.21. The molecule has 0 N–H and O–H groups in total. The Bertz CT molecular complexity index is 674. The fraction of sp³-hybridized carbons (Fsp3) is 0.500. The number of methoxy groups -OCH3 is 1. The van der Waals surface area contributed by atoms with Crippen molar-refractivity contribution in [2.24, 2.45) is 5.41 Å². The van der Waals surface area contributed by atoms with E-state index in [0.29, 0.717) is 11.7 Å². The molecule has 2 rings (SSSR count). The maximum atomic E-state index is 12.0. The molecule has 1 aromatic carbocycles. The van der Waals surface area contributed by atoms with E-state index in [1.807, 2.05) is 24.3 Å². The largest absolute Gasteiger partial charge is 0.497 e. The third-order valence-corrected chi connectivity index (χ3v) is 4.67. The molecule has 0 spiro atoms. The topological polar surface area (TPSA) is 55.3 Å². The van der Waals surface area contributed by atoms with Crippen LogP contribution >= 0.6 is 11.3 Å². The van der Waals surface area contributed by atoms with Crippen LogP contribution in [0.1, 0.15) is 40.5 Å². The van der Waals surface area contributed by atoms with Crippen LogP contribution in [0.15, 0.2) is 24.3 Å². The molecule has 2 aromatic rings. The minimum absolute atomic E-state index is 0.00124. The molecule has 1 amide bonds. The molecule has 1 aromatic heterocycles. The number of ether oxygens (including phenoxy) is 1. The molecule has 0 atom stereocenters. The molecule has 0 bridgehead atoms. The molecular weight excluding hydrogens is 322 g/mol. The van der Waals surface area contributed by atoms with Gasteiger partial charge in [-0.3, -0.25) is 9.69 Å². The van der Waals surface area contributed by atoms with E-state index < -0.39 is 0 Å². The Morgan fingerprint density at radius 3 is 2.42 bits per heavy atom. The number of carbonyl (C=O) groups excluding carboxylic acids is 1. The SMILES string of the molecule is COc1ccc(-c2nnc(N(CCCC(C)(C)C)C(C)=O)s2)cc1. The van der Waals surface area contributed by atoms with Crippen molar-refractivity contribution in [3.8, 4) is 16.3 Å². The fourth-order valence-corrected chi connectivity index (χ4v) is 3.25. The van der Waals surface area contributed by atoms with E-state index in [1.165, 1.54) is 11.3 Å². The van der Waals surface area contributed by atoms with Crippen molar-refractivity contribution in [3.63, 3.8) is 0 Å². The summed E-state index contributed by atoms with van der Waals surface area (Å²) < 4.78 is 5.17. The van der Waals surface area contributed by atoms with Crippen LogP contribution in [0.5, 0.6) is 5.75 Å². The molecule has 130 valence electrons. The van der Waals surface area contributed by atoms with Crippen LogP contribution in [-0.2, 0) is 4.79 Å². The molecule has 24 heavy (non-hydrogen) atoms. The molecule has 5 nitrogen and oxygen atoms in total. The van der Waals surface area contributed by atoms with Crippen LogP contribution in [-0.4, -0.2) is 29.8 Å². The Labute approximate surface area is 147 Å². The van der Waals surface area contributed by atoms with Crippen LogP contribution in [0.2, 0.25) is 0 Å². The first-order chi connectivity index (χ1) is 11.3. The van der Waals surface area contributed by atoms with Crippen molar-refractivity contribution in [1.29, 1.82) is 0 Å². The molecule has 0 fully saturated rings. The molecule has 0 aliphatic rings. The maximum Gasteiger partial charge on any atom is 0.225 e. The predicted molar refractivity (Wildman–Crippen MR) is 98.6 cm³/mol. The standard InChI is InChI=1S/C18H25N3O2S/c1-13(22)21(12-6-11-18(2,3)4)17-20-19-16(24-17)14-7-9-15(23-5)10-8-14/h7-10H,6,11-12H2,1-5H3. The lowest BCUT2D eigenvalue weighted by molar-refractivity contribution is -0.116. The summed E-state index contributed by atoms with van der Waals surface area (Å²) >= 11 is 1.44. The molecule has 0 radical (unpaired) electrons. The summed E-state index contributed by atoms with van der Waals surface area (Å²) in [4.78, 5) is 13.7. The highest BCUT2D eigenvalue weighted by atomic mass is 32.1. The molecule has 0 aliphatic carbocycles. The number of anilines is 1. The molecule has 0 saturated carbocycles. The average Bonchev–Trinajstić information content (AvgIpc) is 2.99. The second kappa shape index (κ2) is 7.75. The minimum Gasteiger partial charge on any atom is -0.497 e. The third kappa shape index (κ3) is 5.03. The van der Waals surface area contributed by atoms with Gasteiger partial charge in [0.25, 0.3) is 0 Å². The van der Waals surface area contributed by atoms with E-state index in [9.17, 15) is 4.79 Å². The quantitative estimate of drug-likeness (QED) is 0.777. The van der Waals surface area contributed by atoms with Crippen LogP contribution in [0, 0.1) is 5.41 Å². The smallest absolute Gasteiger partial charge is 0.225 e. The van der Waals surface area contributed by atoms with Crippen molar-refractivity contribution in [2.75, 3.05) is 18.6 Å². The Balaban J connectivity index is 2.11. The van der Waals surface area contributed by atoms with Crippen molar-refractivity contribution < 1.29 is 9.53 Å². The van der Waals surface area contributed by atoms with Gasteiger partial charge in [0, 0.05) is 19.0 Å². The average molecular weight is 347 g/mol. The van der Waals surface area contributed by atoms with Crippen LogP contribution in [0.3, 0.4) is 0 Å². The molecule has 0 saturated heterocycles. The van der Waals surface area contributed by atoms with Gasteiger partial charge in [0.15, 0.2) is 0 Å². The highest BCUT2D eigenvalue weighted by Crippen LogP contribution is 2.30. The van der Waals surface area contributed by atoms with E-state index in [0.717, 1.165) is 29.2 Å². The van der Waals surface area contributed by atoms with E-state index in [4.69, 9.17) is 4.74 Å². The van der Waals surface area contributed by atoms with Gasteiger partial charge >= 0.3 is 0 Å². The molecule has 1 heterocycles. The number of hydrogen-bond donors (Lipinski definition) is 0. The lowest BCUT2D eigenvalue weighted by atomic mass is 9.90. The summed E-state index contributed by atoms with van der Waals surface area (Å²) in [5.41, 5.74) is 1.23. The van der Waals surface area contributed by atoms with E-state index in [2.05, 4.69) is 31.0 Å². The Morgan fingerprint density at radius 1 is 1.21 bits per heavy atom. The second-order valence-corrected chi connectivity index (χ2v) is 7.91. The highest BCUT2D eigenvalue weighted by molar-refractivity contribution is 7.18. The summed E-state index contributed by atoms with van der Waals surface area (Å²) in [7, 11) is 1.64. The first kappa shape index (κ1) is 18.4. The van der Waals surface area contributed by atoms with E-state index >= 15 is 0 Å². The molecule has 0 aliphatic heterocycles. The van der Waals surface area contributed by atoms with Gasteiger partial charge in [-0.15, -0.1) is 10.2 Å². The molecule has 0 unspecified atom stereocenters. The summed E-state index contributed by atoms with van der Waals surface area (Å²) in [6, 6.07) is 7.67. The van der Waals surface area contributed by atoms with Gasteiger partial charge in [-0.1, -0.05) is 32.1 Å². The van der Waals surface area contributed by atoms with Gasteiger partial charge < -0.3 is 4.74 Å². The lowest BCUT2D eigenvalue weighted by Crippen LogP contribution is -2.30. The monoisotopic (exact) mass is 347 g/mol. The van der Waals surface area contributed by atoms with Gasteiger partial charge in [0.2, 0.25) is 11.0 Å². The van der Waals surface area contributed by atoms with Gasteiger partial charge in [-0.25, -0.2) is 0 Å². The number of aromatic nitrogens is 2. The van der Waals surface area contributed by atoms with Crippen LogP contribution in [0.25, 0.3) is 10.6 Å². The van der Waals surface area contributed by atoms with Crippen molar-refractivity contribution >= 4 is 22.4 Å². The zero-order valence-corrected chi connectivity index (χ0v) is 15.8. The van der Waals surface area contributed by atoms with Crippen LogP contribution < -0.4 is 9.64 Å². The number of rotatable bonds is 6. The fourth-order valence-electron chi connectivity index (χ4n) is 2.33. The zero-order chi connectivity index (χ0) is 17.7. The highest BCUT2D eigenvalue weighted by Gasteiger charge is 2.18. The zero-order valence-electron chi connectivity index (χ0n) is 15.0. The van der Waals surface area contributed by atoms with E-state index in [-0.39, 0.29) is 11.3 Å². The molecular formula is C18H25N3O2S. The van der Waals surface area contributed by atoms with E-state index in [1.54, 1.807) is 18.9 Å². The summed E-state index contributed by atoms with van der Waals surface area (Å²) in [6.45, 7) is 8.86. The Morgan fingerprint density at radius 2 is 1.88 bits per heavy atom. The van der Waals surface area contributed by atoms with Crippen molar-refractivity contribution in [2.45, 2.75) is 40.5 Å². The second-order valence-electron chi connectivity index (χ2n) is 6.95. The molecule has 6 heteroatoms. The Hall–Kier alpha value is -1.95. The number of amides is 1. The number of benzene rings is 1. The van der Waals surface area contributed by atoms with Crippen molar-refractivity contribution in [1.82, 2.24) is 10.2 Å². The number of hydrogen-bond acceptors (Lipinski definition) is 5. The summed E-state index contributed by atoms with van der Waals surface area (Å²) in [5.74, 6) is 0.803. The third-order valence-electron chi connectivity index (χ3n) is 3.67. The van der Waals surface area contributed by atoms with Crippen LogP contribution in [0.4, 0.5) is 5.13 Å². The number of nitrogens with zero attached hydrogens (tertiary/aromatic N) is 3. The van der Waals surface area contributed by atoms with Crippen molar-refractivity contribution in [3.05, 3.63) is 24.3 Å². The Kier molecular flexibility index (Phi) is 5.94.